The van der Waals surface area contributed by atoms with E-state index in [1.54, 1.807) is 0 Å². The van der Waals surface area contributed by atoms with E-state index in [4.69, 9.17) is 0 Å². The minimum absolute atomic E-state index is 0.950. The van der Waals surface area contributed by atoms with Crippen LogP contribution in [-0.2, 0) is 0 Å². The van der Waals surface area contributed by atoms with Gasteiger partial charge in [-0.3, -0.25) is 0 Å². The van der Waals surface area contributed by atoms with Gasteiger partial charge in [0.25, 0.3) is 0 Å². The van der Waals surface area contributed by atoms with Crippen LogP contribution in [-0.4, -0.2) is 16.6 Å². The largest absolute Gasteiger partial charge is 0.379 e. The first-order chi connectivity index (χ1) is 8.66. The summed E-state index contributed by atoms with van der Waals surface area (Å²) in [6.45, 7) is -3.67. The summed E-state index contributed by atoms with van der Waals surface area (Å²) >= 11 is 0. The predicted molar refractivity (Wildman–Crippen MR) is 64.2 cm³/mol. The summed E-state index contributed by atoms with van der Waals surface area (Å²) in [5.41, 5.74) is 3.80. The number of hydrogen-bond donors (Lipinski definition) is 0. The number of para-hydroxylation sites is 4. The Hall–Kier alpha value is -2.17. The average Bonchev–Trinajstić information content (AvgIpc) is 2.35. The van der Waals surface area contributed by atoms with Gasteiger partial charge in [0.1, 0.15) is 0 Å². The Labute approximate surface area is 101 Å². The third-order valence-electron chi connectivity index (χ3n) is 2.25. The fraction of sp³-hybridized carbons (Fsp3) is 0.0769. The highest BCUT2D eigenvalue weighted by Crippen LogP contribution is 2.14. The van der Waals surface area contributed by atoms with E-state index < -0.39 is 6.68 Å². The predicted octanol–water partition coefficient (Wildman–Crippen LogP) is 3.96. The summed E-state index contributed by atoms with van der Waals surface area (Å²) < 4.78 is 29.0. The lowest BCUT2D eigenvalue weighted by Crippen LogP contribution is -1.85. The number of benzene rings is 2. The van der Waals surface area contributed by atoms with Crippen LogP contribution in [0.5, 0.6) is 0 Å². The van der Waals surface area contributed by atoms with E-state index in [2.05, 4.69) is 9.97 Å². The van der Waals surface area contributed by atoms with Crippen molar-refractivity contribution in [1.29, 1.82) is 0 Å². The van der Waals surface area contributed by atoms with Crippen LogP contribution in [0.2, 0.25) is 0 Å². The van der Waals surface area contributed by atoms with E-state index in [1.807, 2.05) is 48.5 Å². The average molecular weight is 250 g/mol. The molecule has 2 nitrogen and oxygen atoms in total. The molecule has 2 aromatic carbocycles. The molecule has 1 heterocycles. The van der Waals surface area contributed by atoms with Crippen molar-refractivity contribution >= 4 is 22.1 Å². The Kier molecular flexibility index (Phi) is 3.72. The maximum absolute atomic E-state index is 9.67. The van der Waals surface area contributed by atoms with Crippen molar-refractivity contribution in [3.8, 4) is 0 Å². The lowest BCUT2D eigenvalue weighted by Gasteiger charge is -1.98. The molecule has 0 aliphatic carbocycles. The zero-order valence-corrected chi connectivity index (χ0v) is 9.22. The first-order valence-corrected chi connectivity index (χ1v) is 5.20. The Bertz CT molecular complexity index is 548. The van der Waals surface area contributed by atoms with E-state index in [0.29, 0.717) is 0 Å². The van der Waals surface area contributed by atoms with Crippen LogP contribution in [0.25, 0.3) is 22.1 Å². The maximum Gasteiger partial charge on any atom is 0.379 e. The topological polar surface area (TPSA) is 25.8 Å². The molecule has 1 aromatic heterocycles. The second-order valence-electron chi connectivity index (χ2n) is 3.45. The second kappa shape index (κ2) is 5.44. The molecule has 0 spiro atoms. The van der Waals surface area contributed by atoms with Crippen LogP contribution in [0.15, 0.2) is 48.5 Å². The van der Waals surface area contributed by atoms with Gasteiger partial charge in [-0.2, -0.15) is 13.2 Å². The van der Waals surface area contributed by atoms with Crippen LogP contribution in [0.4, 0.5) is 13.2 Å². The fourth-order valence-corrected chi connectivity index (χ4v) is 1.57. The van der Waals surface area contributed by atoms with E-state index in [-0.39, 0.29) is 0 Å². The van der Waals surface area contributed by atoms with Crippen LogP contribution in [0.3, 0.4) is 0 Å². The molecule has 0 bridgehead atoms. The normalized spacial score (nSPS) is 10.4. The summed E-state index contributed by atoms with van der Waals surface area (Å²) in [4.78, 5) is 9.03. The molecule has 0 atom stereocenters. The van der Waals surface area contributed by atoms with E-state index >= 15 is 0 Å². The van der Waals surface area contributed by atoms with Crippen LogP contribution < -0.4 is 0 Å². The first-order valence-electron chi connectivity index (χ1n) is 5.20. The highest BCUT2D eigenvalue weighted by Gasteiger charge is 1.98. The molecule has 0 N–H and O–H groups in total. The molecular weight excluding hydrogens is 241 g/mol. The standard InChI is InChI=1S/C12H8N2.CHF3/c1-2-6-10-9(5-1)13-11-7-3-4-8-12(11)14-10;2-1(3)4/h1-8H;1H. The van der Waals surface area contributed by atoms with E-state index in [0.717, 1.165) is 22.1 Å². The monoisotopic (exact) mass is 250 g/mol. The number of halogens is 3. The maximum atomic E-state index is 9.67. The minimum Gasteiger partial charge on any atom is -0.245 e. The molecule has 0 aliphatic rings. The smallest absolute Gasteiger partial charge is 0.245 e. The SMILES string of the molecule is FC(F)F.c1ccc2nc3ccccc3nc2c1. The van der Waals surface area contributed by atoms with Gasteiger partial charge in [0, 0.05) is 0 Å². The molecule has 3 rings (SSSR count). The van der Waals surface area contributed by atoms with Gasteiger partial charge in [0.2, 0.25) is 0 Å². The van der Waals surface area contributed by atoms with Crippen LogP contribution in [0.1, 0.15) is 0 Å². The number of rotatable bonds is 0. The lowest BCUT2D eigenvalue weighted by molar-refractivity contribution is 0.00819. The van der Waals surface area contributed by atoms with Gasteiger partial charge in [-0.25, -0.2) is 9.97 Å². The fourth-order valence-electron chi connectivity index (χ4n) is 1.57. The molecule has 92 valence electrons. The van der Waals surface area contributed by atoms with Crippen molar-refractivity contribution in [3.63, 3.8) is 0 Å². The number of fused-ring (bicyclic) bond motifs is 2. The Morgan fingerprint density at radius 2 is 0.833 bits per heavy atom. The molecule has 18 heavy (non-hydrogen) atoms. The van der Waals surface area contributed by atoms with Gasteiger partial charge in [-0.05, 0) is 24.3 Å². The van der Waals surface area contributed by atoms with E-state index in [9.17, 15) is 13.2 Å². The molecule has 0 saturated heterocycles. The Morgan fingerprint density at radius 3 is 1.06 bits per heavy atom. The van der Waals surface area contributed by atoms with Crippen molar-refractivity contribution in [1.82, 2.24) is 9.97 Å². The second-order valence-corrected chi connectivity index (χ2v) is 3.45. The highest BCUT2D eigenvalue weighted by atomic mass is 19.4. The molecule has 0 saturated carbocycles. The van der Waals surface area contributed by atoms with Crippen molar-refractivity contribution in [3.05, 3.63) is 48.5 Å². The van der Waals surface area contributed by atoms with Crippen molar-refractivity contribution in [2.45, 2.75) is 6.68 Å². The zero-order chi connectivity index (χ0) is 13.0. The molecule has 0 aliphatic heterocycles. The number of hydrogen-bond acceptors (Lipinski definition) is 2. The summed E-state index contributed by atoms with van der Waals surface area (Å²) in [6, 6.07) is 15.8. The summed E-state index contributed by atoms with van der Waals surface area (Å²) in [5.74, 6) is 0. The molecule has 5 heteroatoms. The van der Waals surface area contributed by atoms with Gasteiger partial charge in [-0.15, -0.1) is 0 Å². The first kappa shape index (κ1) is 12.3. The molecule has 0 fully saturated rings. The van der Waals surface area contributed by atoms with Crippen molar-refractivity contribution in [2.24, 2.45) is 0 Å². The number of alkyl halides is 3. The molecule has 0 radical (unpaired) electrons. The van der Waals surface area contributed by atoms with Gasteiger partial charge in [0.15, 0.2) is 0 Å². The van der Waals surface area contributed by atoms with Crippen LogP contribution in [0, 0.1) is 0 Å². The van der Waals surface area contributed by atoms with Gasteiger partial charge >= 0.3 is 6.68 Å². The number of aromatic nitrogens is 2. The Morgan fingerprint density at radius 1 is 0.611 bits per heavy atom. The lowest BCUT2D eigenvalue weighted by atomic mass is 10.2. The third kappa shape index (κ3) is 2.94. The molecule has 0 unspecified atom stereocenters. The van der Waals surface area contributed by atoms with Crippen LogP contribution >= 0.6 is 0 Å². The van der Waals surface area contributed by atoms with Gasteiger partial charge in [-0.1, -0.05) is 24.3 Å². The molecular formula is C13H9F3N2. The zero-order valence-electron chi connectivity index (χ0n) is 9.22. The van der Waals surface area contributed by atoms with Gasteiger partial charge < -0.3 is 0 Å². The quantitative estimate of drug-likeness (QED) is 0.564. The van der Waals surface area contributed by atoms with Crippen molar-refractivity contribution < 1.29 is 13.2 Å². The summed E-state index contributed by atoms with van der Waals surface area (Å²) in [7, 11) is 0. The minimum atomic E-state index is -3.67. The third-order valence-corrected chi connectivity index (χ3v) is 2.25. The van der Waals surface area contributed by atoms with E-state index in [1.165, 1.54) is 0 Å². The summed E-state index contributed by atoms with van der Waals surface area (Å²) in [5, 5.41) is 0. The Balaban J connectivity index is 0.000000267. The summed E-state index contributed by atoms with van der Waals surface area (Å²) in [6.07, 6.45) is 0. The molecule has 0 amide bonds. The molecule has 3 aromatic rings. The highest BCUT2D eigenvalue weighted by molar-refractivity contribution is 5.85. The van der Waals surface area contributed by atoms with Crippen molar-refractivity contribution in [2.75, 3.05) is 0 Å². The van der Waals surface area contributed by atoms with Gasteiger partial charge in [0.05, 0.1) is 22.1 Å². The number of nitrogens with zero attached hydrogens (tertiary/aromatic N) is 2.